The van der Waals surface area contributed by atoms with Gasteiger partial charge < -0.3 is 14.2 Å². The zero-order valence-corrected chi connectivity index (χ0v) is 16.2. The summed E-state index contributed by atoms with van der Waals surface area (Å²) >= 11 is 0. The summed E-state index contributed by atoms with van der Waals surface area (Å²) in [5.74, 6) is 1.69. The highest BCUT2D eigenvalue weighted by atomic mass is 16.5. The molecule has 2 aromatic carbocycles. The summed E-state index contributed by atoms with van der Waals surface area (Å²) in [7, 11) is 0. The van der Waals surface area contributed by atoms with Gasteiger partial charge in [0.05, 0.1) is 19.4 Å². The molecule has 1 amide bonds. The van der Waals surface area contributed by atoms with E-state index in [0.29, 0.717) is 30.5 Å². The number of hydrogen-bond donors (Lipinski definition) is 1. The van der Waals surface area contributed by atoms with Gasteiger partial charge in [0.15, 0.2) is 18.1 Å². The summed E-state index contributed by atoms with van der Waals surface area (Å²) in [5.41, 5.74) is 5.39. The van der Waals surface area contributed by atoms with Crippen LogP contribution in [-0.4, -0.2) is 31.9 Å². The van der Waals surface area contributed by atoms with Gasteiger partial charge in [-0.1, -0.05) is 12.1 Å². The molecule has 0 unspecified atom stereocenters. The fourth-order valence-corrected chi connectivity index (χ4v) is 2.38. The molecule has 0 radical (unpaired) electrons. The molecule has 6 heteroatoms. The number of nitrogens with zero attached hydrogens (tertiary/aromatic N) is 1. The zero-order valence-electron chi connectivity index (χ0n) is 16.2. The van der Waals surface area contributed by atoms with Crippen LogP contribution < -0.4 is 19.6 Å². The topological polar surface area (TPSA) is 69.2 Å². The van der Waals surface area contributed by atoms with Gasteiger partial charge in [0.25, 0.3) is 5.91 Å². The molecule has 0 aliphatic heterocycles. The van der Waals surface area contributed by atoms with Crippen LogP contribution in [0.15, 0.2) is 41.5 Å². The predicted octanol–water partition coefficient (Wildman–Crippen LogP) is 3.63. The molecular formula is C21H26N2O4. The lowest BCUT2D eigenvalue weighted by Gasteiger charge is -2.11. The lowest BCUT2D eigenvalue weighted by atomic mass is 10.1. The minimum atomic E-state index is -0.330. The average molecular weight is 370 g/mol. The number of benzene rings is 2. The van der Waals surface area contributed by atoms with Crippen LogP contribution >= 0.6 is 0 Å². The Morgan fingerprint density at radius 1 is 1.00 bits per heavy atom. The SMILES string of the molecule is CCOc1ccc(/C=N/NC(=O)COc2cccc(C)c2C)cc1OCC. The first-order chi connectivity index (χ1) is 13.0. The first-order valence-electron chi connectivity index (χ1n) is 8.95. The van der Waals surface area contributed by atoms with Gasteiger partial charge in [-0.2, -0.15) is 5.10 Å². The number of amides is 1. The Bertz CT molecular complexity index is 803. The Morgan fingerprint density at radius 2 is 1.74 bits per heavy atom. The number of carbonyl (C=O) groups is 1. The molecule has 0 heterocycles. The normalized spacial score (nSPS) is 10.7. The lowest BCUT2D eigenvalue weighted by Crippen LogP contribution is -2.24. The molecule has 0 fully saturated rings. The van der Waals surface area contributed by atoms with Gasteiger partial charge in [0.2, 0.25) is 0 Å². The zero-order chi connectivity index (χ0) is 19.6. The van der Waals surface area contributed by atoms with Crippen molar-refractivity contribution in [1.82, 2.24) is 5.43 Å². The third-order valence-electron chi connectivity index (χ3n) is 3.88. The maximum atomic E-state index is 11.9. The van der Waals surface area contributed by atoms with Crippen LogP contribution in [0.4, 0.5) is 0 Å². The van der Waals surface area contributed by atoms with E-state index in [1.54, 1.807) is 6.21 Å². The largest absolute Gasteiger partial charge is 0.490 e. The highest BCUT2D eigenvalue weighted by molar-refractivity contribution is 5.83. The molecule has 0 spiro atoms. The number of nitrogens with one attached hydrogen (secondary N) is 1. The van der Waals surface area contributed by atoms with Crippen LogP contribution in [0.3, 0.4) is 0 Å². The van der Waals surface area contributed by atoms with Gasteiger partial charge in [-0.25, -0.2) is 5.43 Å². The van der Waals surface area contributed by atoms with E-state index < -0.39 is 0 Å². The summed E-state index contributed by atoms with van der Waals surface area (Å²) in [6, 6.07) is 11.2. The number of ether oxygens (including phenoxy) is 3. The average Bonchev–Trinajstić information content (AvgIpc) is 2.65. The second-order valence-electron chi connectivity index (χ2n) is 5.85. The highest BCUT2D eigenvalue weighted by Gasteiger charge is 2.07. The summed E-state index contributed by atoms with van der Waals surface area (Å²) in [6.07, 6.45) is 1.55. The van der Waals surface area contributed by atoms with Gasteiger partial charge in [-0.15, -0.1) is 0 Å². The predicted molar refractivity (Wildman–Crippen MR) is 106 cm³/mol. The second kappa shape index (κ2) is 10.2. The first-order valence-corrected chi connectivity index (χ1v) is 8.95. The van der Waals surface area contributed by atoms with Crippen molar-refractivity contribution in [2.45, 2.75) is 27.7 Å². The van der Waals surface area contributed by atoms with E-state index in [2.05, 4.69) is 10.5 Å². The van der Waals surface area contributed by atoms with Crippen LogP contribution in [0.1, 0.15) is 30.5 Å². The van der Waals surface area contributed by atoms with E-state index in [1.807, 2.05) is 64.1 Å². The van der Waals surface area contributed by atoms with E-state index >= 15 is 0 Å². The van der Waals surface area contributed by atoms with Gasteiger partial charge in [-0.05, 0) is 68.7 Å². The van der Waals surface area contributed by atoms with Crippen molar-refractivity contribution in [3.63, 3.8) is 0 Å². The summed E-state index contributed by atoms with van der Waals surface area (Å²) in [4.78, 5) is 11.9. The van der Waals surface area contributed by atoms with Crippen LogP contribution in [0.25, 0.3) is 0 Å². The molecule has 0 atom stereocenters. The monoisotopic (exact) mass is 370 g/mol. The van der Waals surface area contributed by atoms with Gasteiger partial charge in [0.1, 0.15) is 5.75 Å². The summed E-state index contributed by atoms with van der Waals surface area (Å²) in [5, 5.41) is 3.97. The number of aryl methyl sites for hydroxylation is 1. The molecule has 0 saturated carbocycles. The van der Waals surface area contributed by atoms with Gasteiger partial charge in [0, 0.05) is 0 Å². The van der Waals surface area contributed by atoms with Crippen molar-refractivity contribution in [1.29, 1.82) is 0 Å². The number of carbonyl (C=O) groups excluding carboxylic acids is 1. The molecule has 144 valence electrons. The van der Waals surface area contributed by atoms with Crippen LogP contribution in [0.2, 0.25) is 0 Å². The van der Waals surface area contributed by atoms with Crippen LogP contribution in [-0.2, 0) is 4.79 Å². The fraction of sp³-hybridized carbons (Fsp3) is 0.333. The Morgan fingerprint density at radius 3 is 2.48 bits per heavy atom. The molecule has 27 heavy (non-hydrogen) atoms. The van der Waals surface area contributed by atoms with E-state index in [0.717, 1.165) is 16.7 Å². The van der Waals surface area contributed by atoms with Gasteiger partial charge in [-0.3, -0.25) is 4.79 Å². The minimum Gasteiger partial charge on any atom is -0.490 e. The fourth-order valence-electron chi connectivity index (χ4n) is 2.38. The van der Waals surface area contributed by atoms with E-state index in [4.69, 9.17) is 14.2 Å². The van der Waals surface area contributed by atoms with E-state index in [1.165, 1.54) is 0 Å². The van der Waals surface area contributed by atoms with Crippen molar-refractivity contribution in [3.8, 4) is 17.2 Å². The molecule has 0 aliphatic rings. The number of rotatable bonds is 9. The summed E-state index contributed by atoms with van der Waals surface area (Å²) in [6.45, 7) is 8.78. The van der Waals surface area contributed by atoms with Crippen molar-refractivity contribution in [2.24, 2.45) is 5.10 Å². The number of hydrazone groups is 1. The second-order valence-corrected chi connectivity index (χ2v) is 5.85. The smallest absolute Gasteiger partial charge is 0.277 e. The van der Waals surface area contributed by atoms with E-state index in [9.17, 15) is 4.79 Å². The van der Waals surface area contributed by atoms with Crippen LogP contribution in [0.5, 0.6) is 17.2 Å². The van der Waals surface area contributed by atoms with Crippen molar-refractivity contribution < 1.29 is 19.0 Å². The first kappa shape index (κ1) is 20.3. The standard InChI is InChI=1S/C21H26N2O4/c1-5-25-19-11-10-17(12-20(19)26-6-2)13-22-23-21(24)14-27-18-9-7-8-15(3)16(18)4/h7-13H,5-6,14H2,1-4H3,(H,23,24)/b22-13+. The third kappa shape index (κ3) is 6.02. The highest BCUT2D eigenvalue weighted by Crippen LogP contribution is 2.28. The van der Waals surface area contributed by atoms with Crippen molar-refractivity contribution in [3.05, 3.63) is 53.1 Å². The molecule has 0 aliphatic carbocycles. The quantitative estimate of drug-likeness (QED) is 0.541. The van der Waals surface area contributed by atoms with Crippen molar-refractivity contribution in [2.75, 3.05) is 19.8 Å². The Kier molecular flexibility index (Phi) is 7.67. The molecule has 2 aromatic rings. The molecule has 0 saturated heterocycles. The van der Waals surface area contributed by atoms with Crippen LogP contribution in [0, 0.1) is 13.8 Å². The number of hydrogen-bond acceptors (Lipinski definition) is 5. The Balaban J connectivity index is 1.91. The minimum absolute atomic E-state index is 0.102. The van der Waals surface area contributed by atoms with Crippen molar-refractivity contribution >= 4 is 12.1 Å². The Labute approximate surface area is 160 Å². The Hall–Kier alpha value is -3.02. The molecule has 2 rings (SSSR count). The third-order valence-corrected chi connectivity index (χ3v) is 3.88. The maximum absolute atomic E-state index is 11.9. The van der Waals surface area contributed by atoms with E-state index in [-0.39, 0.29) is 12.5 Å². The molecule has 1 N–H and O–H groups in total. The lowest BCUT2D eigenvalue weighted by molar-refractivity contribution is -0.123. The van der Waals surface area contributed by atoms with Gasteiger partial charge >= 0.3 is 0 Å². The molecule has 0 bridgehead atoms. The molecule has 6 nitrogen and oxygen atoms in total. The maximum Gasteiger partial charge on any atom is 0.277 e. The molecule has 0 aromatic heterocycles. The summed E-state index contributed by atoms with van der Waals surface area (Å²) < 4.78 is 16.6. The molecular weight excluding hydrogens is 344 g/mol.